The number of aromatic nitrogens is 3. The Labute approximate surface area is 193 Å². The molecule has 2 aliphatic heterocycles. The molecule has 3 aromatic rings. The molecular formula is C24H21F2N5O3. The summed E-state index contributed by atoms with van der Waals surface area (Å²) in [4.78, 5) is 39.9. The summed E-state index contributed by atoms with van der Waals surface area (Å²) in [5, 5.41) is 4.18. The smallest absolute Gasteiger partial charge is 0.338 e. The van der Waals surface area contributed by atoms with Crippen LogP contribution in [0.3, 0.4) is 0 Å². The highest BCUT2D eigenvalue weighted by Gasteiger charge is 2.38. The van der Waals surface area contributed by atoms with Crippen molar-refractivity contribution in [1.29, 1.82) is 0 Å². The molecule has 1 aromatic carbocycles. The molecule has 0 saturated heterocycles. The number of carbonyl (C=O) groups excluding carboxylic acids is 2. The summed E-state index contributed by atoms with van der Waals surface area (Å²) >= 11 is 0. The summed E-state index contributed by atoms with van der Waals surface area (Å²) in [6.45, 7) is 2.26. The molecule has 10 heteroatoms. The third-order valence-corrected chi connectivity index (χ3v) is 6.71. The van der Waals surface area contributed by atoms with E-state index < -0.39 is 12.4 Å². The number of halogens is 2. The van der Waals surface area contributed by atoms with Crippen molar-refractivity contribution < 1.29 is 23.2 Å². The molecule has 0 bridgehead atoms. The number of amides is 1. The van der Waals surface area contributed by atoms with E-state index in [1.54, 1.807) is 24.1 Å². The van der Waals surface area contributed by atoms with Crippen LogP contribution >= 0.6 is 0 Å². The molecule has 8 nitrogen and oxygen atoms in total. The number of nitrogens with zero attached hydrogens (tertiary/aromatic N) is 5. The minimum atomic E-state index is -2.82. The predicted molar refractivity (Wildman–Crippen MR) is 118 cm³/mol. The Hall–Kier alpha value is -3.69. The number of pyridine rings is 1. The third-order valence-electron chi connectivity index (χ3n) is 6.71. The molecule has 0 N–H and O–H groups in total. The fraction of sp³-hybridized carbons (Fsp3) is 0.375. The van der Waals surface area contributed by atoms with Gasteiger partial charge in [-0.15, -0.1) is 0 Å². The number of fused-ring (bicyclic) bond motifs is 2. The van der Waals surface area contributed by atoms with Crippen LogP contribution in [0.5, 0.6) is 0 Å². The minimum absolute atomic E-state index is 0.0247. The summed E-state index contributed by atoms with van der Waals surface area (Å²) in [6.07, 6.45) is -0.980. The molecule has 1 saturated carbocycles. The van der Waals surface area contributed by atoms with Crippen LogP contribution in [0.1, 0.15) is 67.3 Å². The van der Waals surface area contributed by atoms with Gasteiger partial charge in [0.05, 0.1) is 35.6 Å². The Kier molecular flexibility index (Phi) is 4.55. The Balaban J connectivity index is 1.57. The van der Waals surface area contributed by atoms with Crippen molar-refractivity contribution in [1.82, 2.24) is 19.4 Å². The van der Waals surface area contributed by atoms with E-state index in [2.05, 4.69) is 15.0 Å². The standard InChI is InChI=1S/C24H21F2N5O3/c1-11-24(33)30(2)10-18-21(28-23(31(11)18)12-6-7-12)13-4-3-5-16-14(13)8-15(22(25)26)20(27-16)17-9-19(32)34-29-17/h3-5,8,11-12,22H,6-7,9-10H2,1-2H3/t11-/m0/s1. The quantitative estimate of drug-likeness (QED) is 0.542. The van der Waals surface area contributed by atoms with E-state index in [4.69, 9.17) is 4.98 Å². The minimum Gasteiger partial charge on any atom is -0.338 e. The van der Waals surface area contributed by atoms with Gasteiger partial charge < -0.3 is 14.3 Å². The normalized spacial score (nSPS) is 20.2. The molecule has 1 atom stereocenters. The lowest BCUT2D eigenvalue weighted by atomic mass is 9.99. The Bertz CT molecular complexity index is 1410. The number of likely N-dealkylation sites (N-methyl/N-ethyl adjacent to an activating group) is 1. The lowest BCUT2D eigenvalue weighted by molar-refractivity contribution is -0.140. The summed E-state index contributed by atoms with van der Waals surface area (Å²) in [5.74, 6) is 0.610. The molecule has 174 valence electrons. The summed E-state index contributed by atoms with van der Waals surface area (Å²) < 4.78 is 30.2. The van der Waals surface area contributed by atoms with Crippen molar-refractivity contribution in [2.24, 2.45) is 5.16 Å². The highest BCUT2D eigenvalue weighted by atomic mass is 19.3. The fourth-order valence-corrected chi connectivity index (χ4v) is 4.89. The number of hydrogen-bond donors (Lipinski definition) is 0. The largest absolute Gasteiger partial charge is 0.341 e. The molecule has 1 fully saturated rings. The fourth-order valence-electron chi connectivity index (χ4n) is 4.89. The van der Waals surface area contributed by atoms with E-state index in [0.717, 1.165) is 24.4 Å². The second-order valence-electron chi connectivity index (χ2n) is 9.06. The van der Waals surface area contributed by atoms with Crippen LogP contribution in [0.25, 0.3) is 22.2 Å². The predicted octanol–water partition coefficient (Wildman–Crippen LogP) is 4.10. The molecule has 1 aliphatic carbocycles. The number of rotatable bonds is 4. The highest BCUT2D eigenvalue weighted by molar-refractivity contribution is 6.12. The first-order chi connectivity index (χ1) is 16.3. The maximum absolute atomic E-state index is 14.1. The third kappa shape index (κ3) is 3.12. The number of imidazole rings is 1. The average Bonchev–Trinajstić information content (AvgIpc) is 3.46. The van der Waals surface area contributed by atoms with Crippen LogP contribution in [0, 0.1) is 0 Å². The van der Waals surface area contributed by atoms with Crippen molar-refractivity contribution in [2.45, 2.75) is 51.1 Å². The summed E-state index contributed by atoms with van der Waals surface area (Å²) in [5.41, 5.74) is 2.50. The van der Waals surface area contributed by atoms with E-state index in [0.29, 0.717) is 34.6 Å². The van der Waals surface area contributed by atoms with Gasteiger partial charge >= 0.3 is 5.97 Å². The molecule has 4 heterocycles. The number of carbonyl (C=O) groups is 2. The van der Waals surface area contributed by atoms with Crippen LogP contribution in [0.15, 0.2) is 29.4 Å². The number of benzene rings is 1. The first-order valence-corrected chi connectivity index (χ1v) is 11.2. The average molecular weight is 465 g/mol. The monoisotopic (exact) mass is 465 g/mol. The Morgan fingerprint density at radius 3 is 2.62 bits per heavy atom. The number of oxime groups is 1. The SMILES string of the molecule is C[C@H]1C(=O)N(C)Cc2c(-c3cccc4nc(C5=NOC(=O)C5)c(C(F)F)cc34)nc(C3CC3)n21. The molecule has 3 aliphatic rings. The van der Waals surface area contributed by atoms with Gasteiger partial charge in [0.25, 0.3) is 6.43 Å². The Morgan fingerprint density at radius 2 is 1.94 bits per heavy atom. The maximum Gasteiger partial charge on any atom is 0.341 e. The summed E-state index contributed by atoms with van der Waals surface area (Å²) in [7, 11) is 1.76. The van der Waals surface area contributed by atoms with Gasteiger partial charge in [-0.05, 0) is 31.9 Å². The van der Waals surface area contributed by atoms with Crippen LogP contribution in [-0.2, 0) is 21.0 Å². The van der Waals surface area contributed by atoms with E-state index in [1.165, 1.54) is 6.07 Å². The van der Waals surface area contributed by atoms with E-state index in [-0.39, 0.29) is 35.3 Å². The lowest BCUT2D eigenvalue weighted by Crippen LogP contribution is -2.39. The van der Waals surface area contributed by atoms with Crippen LogP contribution in [0.4, 0.5) is 8.78 Å². The molecule has 1 amide bonds. The second-order valence-corrected chi connectivity index (χ2v) is 9.06. The molecule has 0 unspecified atom stereocenters. The molecule has 2 aromatic heterocycles. The van der Waals surface area contributed by atoms with E-state index in [9.17, 15) is 18.4 Å². The number of hydrogen-bond acceptors (Lipinski definition) is 6. The van der Waals surface area contributed by atoms with Gasteiger partial charge in [0, 0.05) is 29.5 Å². The van der Waals surface area contributed by atoms with Gasteiger partial charge in [-0.3, -0.25) is 4.79 Å². The molecule has 6 rings (SSSR count). The van der Waals surface area contributed by atoms with Crippen molar-refractivity contribution >= 4 is 28.5 Å². The van der Waals surface area contributed by atoms with Gasteiger partial charge in [-0.25, -0.2) is 23.5 Å². The van der Waals surface area contributed by atoms with Crippen LogP contribution in [0.2, 0.25) is 0 Å². The van der Waals surface area contributed by atoms with Crippen molar-refractivity contribution in [3.05, 3.63) is 47.0 Å². The summed E-state index contributed by atoms with van der Waals surface area (Å²) in [6, 6.07) is 6.42. The topological polar surface area (TPSA) is 89.7 Å². The van der Waals surface area contributed by atoms with Crippen molar-refractivity contribution in [3.63, 3.8) is 0 Å². The molecule has 0 radical (unpaired) electrons. The van der Waals surface area contributed by atoms with Gasteiger partial charge in [0.1, 0.15) is 17.6 Å². The molecular weight excluding hydrogens is 444 g/mol. The zero-order valence-corrected chi connectivity index (χ0v) is 18.6. The zero-order valence-electron chi connectivity index (χ0n) is 18.6. The second kappa shape index (κ2) is 7.41. The van der Waals surface area contributed by atoms with E-state index in [1.807, 2.05) is 17.6 Å². The lowest BCUT2D eigenvalue weighted by Gasteiger charge is -2.31. The van der Waals surface area contributed by atoms with Crippen LogP contribution < -0.4 is 0 Å². The first-order valence-electron chi connectivity index (χ1n) is 11.2. The maximum atomic E-state index is 14.1. The van der Waals surface area contributed by atoms with Gasteiger partial charge in [0.15, 0.2) is 0 Å². The van der Waals surface area contributed by atoms with Crippen LogP contribution in [-0.4, -0.2) is 44.1 Å². The zero-order chi connectivity index (χ0) is 23.7. The van der Waals surface area contributed by atoms with Crippen molar-refractivity contribution in [3.8, 4) is 11.3 Å². The highest BCUT2D eigenvalue weighted by Crippen LogP contribution is 2.45. The van der Waals surface area contributed by atoms with Crippen molar-refractivity contribution in [2.75, 3.05) is 7.05 Å². The first kappa shape index (κ1) is 20.9. The van der Waals surface area contributed by atoms with Gasteiger partial charge in [0.2, 0.25) is 5.91 Å². The Morgan fingerprint density at radius 1 is 1.15 bits per heavy atom. The van der Waals surface area contributed by atoms with Gasteiger partial charge in [-0.1, -0.05) is 17.3 Å². The van der Waals surface area contributed by atoms with E-state index >= 15 is 0 Å². The van der Waals surface area contributed by atoms with Gasteiger partial charge in [-0.2, -0.15) is 0 Å². The molecule has 0 spiro atoms. The number of alkyl halides is 2. The molecule has 34 heavy (non-hydrogen) atoms.